The van der Waals surface area contributed by atoms with E-state index in [1.165, 1.54) is 28.8 Å². The monoisotopic (exact) mass is 227 g/mol. The first kappa shape index (κ1) is 10.5. The van der Waals surface area contributed by atoms with Crippen molar-refractivity contribution < 1.29 is 0 Å². The highest BCUT2D eigenvalue weighted by Gasteiger charge is 2.19. The number of nitrogens with one attached hydrogen (secondary N) is 1. The van der Waals surface area contributed by atoms with Gasteiger partial charge in [0.2, 0.25) is 0 Å². The van der Waals surface area contributed by atoms with Gasteiger partial charge in [-0.15, -0.1) is 0 Å². The summed E-state index contributed by atoms with van der Waals surface area (Å²) in [6.07, 6.45) is 3.35. The van der Waals surface area contributed by atoms with E-state index >= 15 is 0 Å². The van der Waals surface area contributed by atoms with Crippen LogP contribution in [0.15, 0.2) is 12.1 Å². The predicted octanol–water partition coefficient (Wildman–Crippen LogP) is 2.63. The Labute approximate surface area is 101 Å². The largest absolute Gasteiger partial charge is 0.323 e. The molecule has 0 atom stereocenters. The fourth-order valence-electron chi connectivity index (χ4n) is 2.88. The van der Waals surface area contributed by atoms with Crippen LogP contribution in [0.2, 0.25) is 0 Å². The fourth-order valence-corrected chi connectivity index (χ4v) is 2.88. The number of nitrogens with two attached hydrogens (primary N) is 1. The topological polar surface area (TPSA) is 50.9 Å². The van der Waals surface area contributed by atoms with Crippen molar-refractivity contribution in [1.82, 2.24) is 4.98 Å². The molecule has 3 rings (SSSR count). The van der Waals surface area contributed by atoms with Crippen molar-refractivity contribution in [3.8, 4) is 0 Å². The Morgan fingerprint density at radius 1 is 1.24 bits per heavy atom. The Hall–Kier alpha value is -1.61. The SMILES string of the molecule is Cc1cc(C)c2nc3c(c(NN)c2c1)CCC3. The number of benzene rings is 1. The molecule has 0 spiro atoms. The van der Waals surface area contributed by atoms with Crippen molar-refractivity contribution in [1.29, 1.82) is 0 Å². The maximum Gasteiger partial charge on any atom is 0.0756 e. The van der Waals surface area contributed by atoms with E-state index in [1.54, 1.807) is 0 Å². The van der Waals surface area contributed by atoms with Gasteiger partial charge in [-0.3, -0.25) is 10.8 Å². The summed E-state index contributed by atoms with van der Waals surface area (Å²) in [5.74, 6) is 5.71. The second-order valence-electron chi connectivity index (χ2n) is 4.89. The van der Waals surface area contributed by atoms with Crippen molar-refractivity contribution >= 4 is 16.6 Å². The number of nitrogen functional groups attached to an aromatic ring is 1. The lowest BCUT2D eigenvalue weighted by Crippen LogP contribution is -2.11. The minimum absolute atomic E-state index is 1.08. The lowest BCUT2D eigenvalue weighted by atomic mass is 10.0. The lowest BCUT2D eigenvalue weighted by molar-refractivity contribution is 0.901. The van der Waals surface area contributed by atoms with Gasteiger partial charge >= 0.3 is 0 Å². The number of nitrogens with zero attached hydrogens (tertiary/aromatic N) is 1. The van der Waals surface area contributed by atoms with Gasteiger partial charge in [0.15, 0.2) is 0 Å². The molecule has 0 aliphatic heterocycles. The molecule has 0 fully saturated rings. The summed E-state index contributed by atoms with van der Waals surface area (Å²) in [6.45, 7) is 4.23. The van der Waals surface area contributed by atoms with E-state index in [0.717, 1.165) is 29.4 Å². The molecule has 88 valence electrons. The first-order valence-corrected chi connectivity index (χ1v) is 6.10. The maximum absolute atomic E-state index is 5.71. The number of anilines is 1. The molecular weight excluding hydrogens is 210 g/mol. The quantitative estimate of drug-likeness (QED) is 0.581. The van der Waals surface area contributed by atoms with Crippen LogP contribution in [-0.4, -0.2) is 4.98 Å². The molecule has 3 heteroatoms. The Morgan fingerprint density at radius 2 is 2.06 bits per heavy atom. The number of rotatable bonds is 1. The van der Waals surface area contributed by atoms with E-state index in [2.05, 4.69) is 31.4 Å². The van der Waals surface area contributed by atoms with Crippen LogP contribution in [0.3, 0.4) is 0 Å². The van der Waals surface area contributed by atoms with Gasteiger partial charge in [-0.1, -0.05) is 11.6 Å². The number of fused-ring (bicyclic) bond motifs is 2. The molecule has 0 bridgehead atoms. The molecule has 1 aromatic carbocycles. The molecule has 0 amide bonds. The summed E-state index contributed by atoms with van der Waals surface area (Å²) < 4.78 is 0. The Kier molecular flexibility index (Phi) is 2.30. The van der Waals surface area contributed by atoms with Gasteiger partial charge in [0, 0.05) is 11.1 Å². The second kappa shape index (κ2) is 3.70. The van der Waals surface area contributed by atoms with Crippen molar-refractivity contribution in [2.24, 2.45) is 5.84 Å². The predicted molar refractivity (Wildman–Crippen MR) is 71.1 cm³/mol. The fraction of sp³-hybridized carbons (Fsp3) is 0.357. The van der Waals surface area contributed by atoms with Crippen LogP contribution in [0.1, 0.15) is 28.8 Å². The first-order valence-electron chi connectivity index (χ1n) is 6.10. The summed E-state index contributed by atoms with van der Waals surface area (Å²) in [6, 6.07) is 4.35. The highest BCUT2D eigenvalue weighted by molar-refractivity contribution is 5.95. The number of aryl methyl sites for hydroxylation is 3. The third kappa shape index (κ3) is 1.50. The lowest BCUT2D eigenvalue weighted by Gasteiger charge is -2.13. The van der Waals surface area contributed by atoms with Crippen LogP contribution < -0.4 is 11.3 Å². The smallest absolute Gasteiger partial charge is 0.0756 e. The van der Waals surface area contributed by atoms with Crippen LogP contribution in [-0.2, 0) is 12.8 Å². The molecule has 0 saturated heterocycles. The number of hydrazine groups is 1. The first-order chi connectivity index (χ1) is 8.20. The van der Waals surface area contributed by atoms with Crippen LogP contribution in [0.4, 0.5) is 5.69 Å². The molecule has 0 unspecified atom stereocenters. The van der Waals surface area contributed by atoms with E-state index in [-0.39, 0.29) is 0 Å². The molecule has 1 aromatic heterocycles. The number of hydrogen-bond donors (Lipinski definition) is 2. The van der Waals surface area contributed by atoms with Gasteiger partial charge in [0.25, 0.3) is 0 Å². The third-order valence-electron chi connectivity index (χ3n) is 3.60. The molecule has 1 aliphatic rings. The number of pyridine rings is 1. The summed E-state index contributed by atoms with van der Waals surface area (Å²) >= 11 is 0. The molecule has 3 N–H and O–H groups in total. The van der Waals surface area contributed by atoms with Crippen LogP contribution in [0.5, 0.6) is 0 Å². The van der Waals surface area contributed by atoms with Gasteiger partial charge < -0.3 is 5.43 Å². The average Bonchev–Trinajstić information content (AvgIpc) is 2.74. The summed E-state index contributed by atoms with van der Waals surface area (Å²) in [5, 5.41) is 1.16. The molecule has 1 heterocycles. The molecular formula is C14H17N3. The van der Waals surface area contributed by atoms with E-state index in [0.29, 0.717) is 0 Å². The Bertz CT molecular complexity index is 602. The molecule has 2 aromatic rings. The summed E-state index contributed by atoms with van der Waals surface area (Å²) in [5.41, 5.74) is 10.1. The Morgan fingerprint density at radius 3 is 2.82 bits per heavy atom. The average molecular weight is 227 g/mol. The number of aromatic nitrogens is 1. The van der Waals surface area contributed by atoms with E-state index in [9.17, 15) is 0 Å². The summed E-state index contributed by atoms with van der Waals surface area (Å²) in [4.78, 5) is 4.81. The van der Waals surface area contributed by atoms with Crippen molar-refractivity contribution in [2.75, 3.05) is 5.43 Å². The normalized spacial score (nSPS) is 14.1. The maximum atomic E-state index is 5.71. The number of hydrogen-bond acceptors (Lipinski definition) is 3. The van der Waals surface area contributed by atoms with Gasteiger partial charge in [-0.05, 0) is 50.3 Å². The van der Waals surface area contributed by atoms with Crippen molar-refractivity contribution in [3.05, 3.63) is 34.5 Å². The van der Waals surface area contributed by atoms with Gasteiger partial charge in [0.05, 0.1) is 11.2 Å². The zero-order chi connectivity index (χ0) is 12.0. The van der Waals surface area contributed by atoms with E-state index < -0.39 is 0 Å². The zero-order valence-corrected chi connectivity index (χ0v) is 10.3. The highest BCUT2D eigenvalue weighted by Crippen LogP contribution is 2.35. The van der Waals surface area contributed by atoms with Crippen molar-refractivity contribution in [3.63, 3.8) is 0 Å². The molecule has 17 heavy (non-hydrogen) atoms. The van der Waals surface area contributed by atoms with Crippen LogP contribution in [0.25, 0.3) is 10.9 Å². The standard InChI is InChI=1S/C14H17N3/c1-8-6-9(2)13-11(7-8)14(17-15)10-4-3-5-12(10)16-13/h6-7H,3-5,15H2,1-2H3,(H,16,17). The van der Waals surface area contributed by atoms with Gasteiger partial charge in [0.1, 0.15) is 0 Å². The van der Waals surface area contributed by atoms with Crippen molar-refractivity contribution in [2.45, 2.75) is 33.1 Å². The molecule has 3 nitrogen and oxygen atoms in total. The summed E-state index contributed by atoms with van der Waals surface area (Å²) in [7, 11) is 0. The van der Waals surface area contributed by atoms with Crippen LogP contribution >= 0.6 is 0 Å². The van der Waals surface area contributed by atoms with Gasteiger partial charge in [-0.25, -0.2) is 0 Å². The molecule has 1 aliphatic carbocycles. The third-order valence-corrected chi connectivity index (χ3v) is 3.60. The van der Waals surface area contributed by atoms with Gasteiger partial charge in [-0.2, -0.15) is 0 Å². The van der Waals surface area contributed by atoms with Crippen LogP contribution in [0, 0.1) is 13.8 Å². The zero-order valence-electron chi connectivity index (χ0n) is 10.3. The molecule has 0 radical (unpaired) electrons. The Balaban J connectivity index is 2.45. The second-order valence-corrected chi connectivity index (χ2v) is 4.89. The van der Waals surface area contributed by atoms with E-state index in [4.69, 9.17) is 10.8 Å². The van der Waals surface area contributed by atoms with E-state index in [1.807, 2.05) is 0 Å². The molecule has 0 saturated carbocycles. The minimum Gasteiger partial charge on any atom is -0.323 e. The highest BCUT2D eigenvalue weighted by atomic mass is 15.2. The minimum atomic E-state index is 1.08.